The van der Waals surface area contributed by atoms with E-state index in [2.05, 4.69) is 28.5 Å². The lowest BCUT2D eigenvalue weighted by molar-refractivity contribution is -0.725. The van der Waals surface area contributed by atoms with E-state index in [4.69, 9.17) is 37.4 Å². The molecule has 8 nitrogen and oxygen atoms in total. The van der Waals surface area contributed by atoms with E-state index in [-0.39, 0.29) is 12.0 Å². The van der Waals surface area contributed by atoms with Crippen molar-refractivity contribution in [3.8, 4) is 5.75 Å². The Labute approximate surface area is 239 Å². The van der Waals surface area contributed by atoms with Crippen LogP contribution in [0.3, 0.4) is 0 Å². The molecule has 39 heavy (non-hydrogen) atoms. The van der Waals surface area contributed by atoms with Crippen LogP contribution in [0.4, 0.5) is 5.69 Å². The number of halogens is 2. The summed E-state index contributed by atoms with van der Waals surface area (Å²) in [4.78, 5) is 15.8. The Morgan fingerprint density at radius 1 is 1.13 bits per heavy atom. The van der Waals surface area contributed by atoms with Gasteiger partial charge in [0.2, 0.25) is 18.0 Å². The molecule has 2 fully saturated rings. The highest BCUT2D eigenvalue weighted by molar-refractivity contribution is 6.35. The van der Waals surface area contributed by atoms with Crippen LogP contribution in [0.1, 0.15) is 25.8 Å². The molecule has 2 aromatic carbocycles. The van der Waals surface area contributed by atoms with Gasteiger partial charge in [0.25, 0.3) is 0 Å². The first kappa shape index (κ1) is 27.8. The van der Waals surface area contributed by atoms with Crippen molar-refractivity contribution in [1.82, 2.24) is 9.47 Å². The van der Waals surface area contributed by atoms with Gasteiger partial charge in [-0.25, -0.2) is 9.13 Å². The van der Waals surface area contributed by atoms with Gasteiger partial charge in [-0.05, 0) is 43.3 Å². The summed E-state index contributed by atoms with van der Waals surface area (Å²) < 4.78 is 23.3. The maximum absolute atomic E-state index is 11.6. The topological polar surface area (TPSA) is 60.0 Å². The molecule has 0 N–H and O–H groups in total. The van der Waals surface area contributed by atoms with Gasteiger partial charge in [0.05, 0.1) is 24.3 Å². The van der Waals surface area contributed by atoms with E-state index in [0.29, 0.717) is 36.2 Å². The highest BCUT2D eigenvalue weighted by atomic mass is 35.5. The molecule has 1 amide bonds. The molecule has 0 saturated carbocycles. The number of ether oxygens (including phenoxy) is 3. The highest BCUT2D eigenvalue weighted by Crippen LogP contribution is 2.39. The number of hydrogen-bond donors (Lipinski definition) is 0. The minimum atomic E-state index is -1.08. The summed E-state index contributed by atoms with van der Waals surface area (Å²) in [6, 6.07) is 13.5. The Morgan fingerprint density at radius 3 is 2.56 bits per heavy atom. The first-order valence-electron chi connectivity index (χ1n) is 13.4. The third kappa shape index (κ3) is 6.52. The molecule has 2 aliphatic heterocycles. The molecule has 2 atom stereocenters. The molecule has 10 heteroatoms. The first-order valence-corrected chi connectivity index (χ1v) is 14.2. The summed E-state index contributed by atoms with van der Waals surface area (Å²) in [5, 5.41) is 1.06. The molecule has 3 aromatic rings. The van der Waals surface area contributed by atoms with Crippen LogP contribution < -0.4 is 14.2 Å². The number of anilines is 1. The van der Waals surface area contributed by atoms with Gasteiger partial charge in [-0.3, -0.25) is 4.79 Å². The Bertz CT molecular complexity index is 1280. The molecule has 0 unspecified atom stereocenters. The third-order valence-electron chi connectivity index (χ3n) is 7.34. The second-order valence-corrected chi connectivity index (χ2v) is 10.8. The van der Waals surface area contributed by atoms with E-state index in [0.717, 1.165) is 49.7 Å². The lowest BCUT2D eigenvalue weighted by Crippen LogP contribution is -2.53. The van der Waals surface area contributed by atoms with Crippen LogP contribution >= 0.6 is 23.2 Å². The summed E-state index contributed by atoms with van der Waals surface area (Å²) in [7, 11) is 0. The molecule has 0 aliphatic carbocycles. The van der Waals surface area contributed by atoms with Gasteiger partial charge in [-0.15, -0.1) is 0 Å². The number of hydrogen-bond acceptors (Lipinski definition) is 5. The van der Waals surface area contributed by atoms with Gasteiger partial charge in [0.15, 0.2) is 0 Å². The van der Waals surface area contributed by atoms with Crippen molar-refractivity contribution in [2.75, 3.05) is 44.3 Å². The number of benzene rings is 2. The quantitative estimate of drug-likeness (QED) is 0.371. The Morgan fingerprint density at radius 2 is 1.90 bits per heavy atom. The minimum absolute atomic E-state index is 0.133. The Balaban J connectivity index is 1.26. The van der Waals surface area contributed by atoms with Crippen LogP contribution in [0.15, 0.2) is 61.2 Å². The summed E-state index contributed by atoms with van der Waals surface area (Å²) in [6.07, 6.45) is 6.56. The number of amides is 1. The van der Waals surface area contributed by atoms with Crippen LogP contribution in [0.2, 0.25) is 10.0 Å². The first-order chi connectivity index (χ1) is 18.8. The summed E-state index contributed by atoms with van der Waals surface area (Å²) in [5.74, 6) is -0.167. The largest absolute Gasteiger partial charge is 0.491 e. The number of piperazine rings is 1. The van der Waals surface area contributed by atoms with Crippen LogP contribution in [0.25, 0.3) is 0 Å². The standard InChI is InChI=1S/C29H35Cl2N4O4/c1-3-32-11-12-33(21-32)20-29(27-9-4-23(30)18-28(27)31)38-17-10-26(39-29)19-37-25-7-5-24(6-8-25)35-15-13-34(14-16-35)22(2)36/h4-9,11-12,18,21,26H,3,10,13-17,19-20H2,1-2H3/q+1/t26-,29-/m0/s1. The van der Waals surface area contributed by atoms with Gasteiger partial charge in [0, 0.05) is 55.8 Å². The van der Waals surface area contributed by atoms with Crippen molar-refractivity contribution in [3.63, 3.8) is 0 Å². The number of carbonyl (C=O) groups is 1. The molecule has 208 valence electrons. The molecule has 0 radical (unpaired) electrons. The molecule has 2 saturated heterocycles. The fraction of sp³-hybridized carbons (Fsp3) is 0.448. The smallest absolute Gasteiger partial charge is 0.243 e. The SMILES string of the molecule is CCn1cc[n+](C[C@]2(c3ccc(Cl)cc3Cl)OCC[C@@H](COc3ccc(N4CCN(C(C)=O)CC4)cc3)O2)c1. The van der Waals surface area contributed by atoms with E-state index >= 15 is 0 Å². The maximum Gasteiger partial charge on any atom is 0.243 e. The average Bonchev–Trinajstić information content (AvgIpc) is 3.39. The predicted molar refractivity (Wildman–Crippen MR) is 150 cm³/mol. The number of imidazole rings is 1. The number of carbonyl (C=O) groups excluding carboxylic acids is 1. The number of aromatic nitrogens is 2. The molecular weight excluding hydrogens is 539 g/mol. The van der Waals surface area contributed by atoms with Crippen molar-refractivity contribution in [2.24, 2.45) is 0 Å². The molecule has 2 aliphatic rings. The van der Waals surface area contributed by atoms with E-state index in [1.165, 1.54) is 0 Å². The second kappa shape index (κ2) is 12.2. The van der Waals surface area contributed by atoms with Crippen molar-refractivity contribution in [3.05, 3.63) is 76.8 Å². The van der Waals surface area contributed by atoms with Crippen molar-refractivity contribution >= 4 is 34.8 Å². The highest BCUT2D eigenvalue weighted by Gasteiger charge is 2.44. The summed E-state index contributed by atoms with van der Waals surface area (Å²) >= 11 is 12.9. The van der Waals surface area contributed by atoms with Gasteiger partial charge < -0.3 is 24.0 Å². The van der Waals surface area contributed by atoms with Gasteiger partial charge in [-0.2, -0.15) is 0 Å². The fourth-order valence-electron chi connectivity index (χ4n) is 5.12. The van der Waals surface area contributed by atoms with Crippen molar-refractivity contribution in [2.45, 2.75) is 45.2 Å². The maximum atomic E-state index is 11.6. The van der Waals surface area contributed by atoms with E-state index < -0.39 is 5.79 Å². The van der Waals surface area contributed by atoms with Gasteiger partial charge in [-0.1, -0.05) is 29.3 Å². The lowest BCUT2D eigenvalue weighted by atomic mass is 10.0. The van der Waals surface area contributed by atoms with E-state index in [1.54, 1.807) is 19.1 Å². The second-order valence-electron chi connectivity index (χ2n) is 9.97. The van der Waals surface area contributed by atoms with Crippen LogP contribution in [-0.2, 0) is 33.1 Å². The zero-order valence-corrected chi connectivity index (χ0v) is 23.9. The predicted octanol–water partition coefficient (Wildman–Crippen LogP) is 4.51. The third-order valence-corrected chi connectivity index (χ3v) is 7.89. The molecule has 5 rings (SSSR count). The molecule has 0 spiro atoms. The number of nitrogens with zero attached hydrogens (tertiary/aromatic N) is 4. The monoisotopic (exact) mass is 573 g/mol. The summed E-state index contributed by atoms with van der Waals surface area (Å²) in [5.41, 5.74) is 1.87. The Hall–Kier alpha value is -2.78. The Kier molecular flexibility index (Phi) is 8.67. The van der Waals surface area contributed by atoms with Gasteiger partial charge in [0.1, 0.15) is 31.3 Å². The van der Waals surface area contributed by atoms with Gasteiger partial charge >= 0.3 is 0 Å². The fourth-order valence-corrected chi connectivity index (χ4v) is 5.68. The lowest BCUT2D eigenvalue weighted by Gasteiger charge is -2.40. The van der Waals surface area contributed by atoms with Crippen LogP contribution in [-0.4, -0.2) is 60.9 Å². The number of aryl methyl sites for hydroxylation is 1. The molecular formula is C29H35Cl2N4O4+. The van der Waals surface area contributed by atoms with Crippen molar-refractivity contribution < 1.29 is 23.6 Å². The molecule has 0 bridgehead atoms. The zero-order chi connectivity index (χ0) is 27.4. The average molecular weight is 575 g/mol. The van der Waals surface area contributed by atoms with Crippen LogP contribution in [0.5, 0.6) is 5.75 Å². The normalized spacial score (nSPS) is 21.7. The molecule has 1 aromatic heterocycles. The molecule has 3 heterocycles. The zero-order valence-electron chi connectivity index (χ0n) is 22.4. The van der Waals surface area contributed by atoms with E-state index in [1.807, 2.05) is 46.4 Å². The van der Waals surface area contributed by atoms with Crippen molar-refractivity contribution in [1.29, 1.82) is 0 Å². The number of rotatable bonds is 8. The van der Waals surface area contributed by atoms with E-state index in [9.17, 15) is 4.79 Å². The minimum Gasteiger partial charge on any atom is -0.491 e. The van der Waals surface area contributed by atoms with Crippen LogP contribution in [0, 0.1) is 0 Å². The summed E-state index contributed by atoms with van der Waals surface area (Å²) in [6.45, 7) is 9.05.